The van der Waals surface area contributed by atoms with Gasteiger partial charge in [-0.25, -0.2) is 17.9 Å². The average molecular weight is 660 g/mol. The predicted octanol–water partition coefficient (Wildman–Crippen LogP) is 3.23. The van der Waals surface area contributed by atoms with Gasteiger partial charge >= 0.3 is 17.9 Å². The maximum atomic E-state index is 13.5. The summed E-state index contributed by atoms with van der Waals surface area (Å²) in [5.41, 5.74) is -1.01. The molecule has 2 aromatic rings. The summed E-state index contributed by atoms with van der Waals surface area (Å²) in [5, 5.41) is 33.2. The summed E-state index contributed by atoms with van der Waals surface area (Å²) >= 11 is 1.18. The van der Waals surface area contributed by atoms with Crippen LogP contribution in [-0.2, 0) is 36.4 Å². The van der Waals surface area contributed by atoms with Crippen molar-refractivity contribution in [1.29, 1.82) is 0 Å². The number of sulfonamides is 1. The number of nitrogens with zero attached hydrogens (tertiary/aromatic N) is 2. The van der Waals surface area contributed by atoms with E-state index in [2.05, 4.69) is 34.5 Å². The van der Waals surface area contributed by atoms with E-state index in [0.29, 0.717) is 6.54 Å². The topological polar surface area (TPSA) is 194 Å². The summed E-state index contributed by atoms with van der Waals surface area (Å²) in [4.78, 5) is 38.4. The number of pyridine rings is 1. The number of carboxylic acid groups (broad SMARTS) is 3. The van der Waals surface area contributed by atoms with Crippen LogP contribution in [0.25, 0.3) is 0 Å². The predicted molar refractivity (Wildman–Crippen MR) is 162 cm³/mol. The van der Waals surface area contributed by atoms with E-state index in [1.807, 2.05) is 25.3 Å². The Morgan fingerprint density at radius 1 is 1.11 bits per heavy atom. The fraction of sp³-hybridized carbons (Fsp3) is 0.586. The minimum atomic E-state index is -3.35. The number of rotatable bonds is 14. The molecule has 1 fully saturated rings. The van der Waals surface area contributed by atoms with Crippen LogP contribution in [0.2, 0.25) is 0 Å². The monoisotopic (exact) mass is 659 g/mol. The molecule has 0 saturated carbocycles. The minimum absolute atomic E-state index is 0.175. The summed E-state index contributed by atoms with van der Waals surface area (Å²) in [5.74, 6) is -5.02. The Balaban J connectivity index is 0.000000439. The minimum Gasteiger partial charge on any atom is -0.481 e. The Bertz CT molecular complexity index is 1400. The zero-order valence-corrected chi connectivity index (χ0v) is 27.2. The molecule has 5 N–H and O–H groups in total. The van der Waals surface area contributed by atoms with Crippen LogP contribution in [0.5, 0.6) is 0 Å². The molecule has 0 bridgehead atoms. The van der Waals surface area contributed by atoms with Crippen molar-refractivity contribution >= 4 is 39.3 Å². The Labute approximate surface area is 261 Å². The molecule has 12 nitrogen and oxygen atoms in total. The van der Waals surface area contributed by atoms with Crippen LogP contribution in [-0.4, -0.2) is 87.1 Å². The van der Waals surface area contributed by atoms with Crippen molar-refractivity contribution in [2.24, 2.45) is 5.41 Å². The van der Waals surface area contributed by atoms with Gasteiger partial charge in [0.25, 0.3) is 0 Å². The van der Waals surface area contributed by atoms with E-state index in [1.165, 1.54) is 17.4 Å². The van der Waals surface area contributed by atoms with Crippen LogP contribution in [0.4, 0.5) is 4.39 Å². The van der Waals surface area contributed by atoms with Gasteiger partial charge in [0, 0.05) is 35.4 Å². The van der Waals surface area contributed by atoms with E-state index in [1.54, 1.807) is 13.8 Å². The third-order valence-corrected chi connectivity index (χ3v) is 10.7. The molecule has 1 atom stereocenters. The van der Waals surface area contributed by atoms with Crippen LogP contribution in [0.1, 0.15) is 69.5 Å². The smallest absolute Gasteiger partial charge is 0.336 e. The Morgan fingerprint density at radius 2 is 1.73 bits per heavy atom. The molecule has 2 aromatic heterocycles. The molecule has 0 aliphatic carbocycles. The van der Waals surface area contributed by atoms with Gasteiger partial charge < -0.3 is 20.4 Å². The molecule has 246 valence electrons. The highest BCUT2D eigenvalue weighted by Gasteiger charge is 2.44. The zero-order chi connectivity index (χ0) is 33.5. The van der Waals surface area contributed by atoms with Crippen LogP contribution in [0.15, 0.2) is 30.5 Å². The summed E-state index contributed by atoms with van der Waals surface area (Å²) in [7, 11) is -3.35. The highest BCUT2D eigenvalue weighted by Crippen LogP contribution is 2.41. The maximum Gasteiger partial charge on any atom is 0.336 e. The highest BCUT2D eigenvalue weighted by atomic mass is 32.2. The molecule has 15 heteroatoms. The first kappa shape index (κ1) is 37.2. The molecule has 3 heterocycles. The molecular formula is C29H42FN3O9S2. The number of hydrogen-bond acceptors (Lipinski definition) is 9. The second-order valence-corrected chi connectivity index (χ2v) is 15.5. The fourth-order valence-electron chi connectivity index (χ4n) is 4.87. The SMILES string of the molecule is Cc1ccc(C(C)(C)N2CC[C@](CCc3ccc(F)s3)(CNS(=O)(=O)C(C)C)C2)cn1.O=C(O)CC(O)(CC(=O)O)C(=O)O. The average Bonchev–Trinajstić information content (AvgIpc) is 3.53. The lowest BCUT2D eigenvalue weighted by molar-refractivity contribution is -0.170. The summed E-state index contributed by atoms with van der Waals surface area (Å²) < 4.78 is 41.2. The lowest BCUT2D eigenvalue weighted by atomic mass is 9.82. The van der Waals surface area contributed by atoms with E-state index in [-0.39, 0.29) is 16.1 Å². The van der Waals surface area contributed by atoms with Gasteiger partial charge in [-0.05, 0) is 89.6 Å². The number of hydrogen-bond donors (Lipinski definition) is 5. The van der Waals surface area contributed by atoms with Crippen molar-refractivity contribution in [3.05, 3.63) is 51.7 Å². The number of carboxylic acids is 3. The van der Waals surface area contributed by atoms with Crippen molar-refractivity contribution in [3.63, 3.8) is 0 Å². The van der Waals surface area contributed by atoms with Crippen LogP contribution < -0.4 is 4.72 Å². The standard InChI is InChI=1S/C23H34FN3O2S2.C6H8O7/c1-17(2)31(28,29)26-15-23(11-10-20-8-9-21(24)30-20)12-13-27(16-23)22(4,5)19-7-6-18(3)25-14-19;7-3(8)1-6(13,5(11)12)2-4(9)10/h6-9,14,17,26H,10-13,15-16H2,1-5H3;13H,1-2H2,(H,7,8)(H,9,10)(H,11,12)/t23-;/m1./s1. The van der Waals surface area contributed by atoms with Crippen LogP contribution in [0.3, 0.4) is 0 Å². The third-order valence-electron chi connectivity index (χ3n) is 7.93. The largest absolute Gasteiger partial charge is 0.481 e. The molecule has 1 aliphatic rings. The van der Waals surface area contributed by atoms with Crippen molar-refractivity contribution in [2.75, 3.05) is 19.6 Å². The van der Waals surface area contributed by atoms with Gasteiger partial charge in [-0.1, -0.05) is 6.07 Å². The van der Waals surface area contributed by atoms with Gasteiger partial charge in [0.1, 0.15) is 0 Å². The van der Waals surface area contributed by atoms with Crippen LogP contribution in [0, 0.1) is 17.5 Å². The van der Waals surface area contributed by atoms with Crippen molar-refractivity contribution in [1.82, 2.24) is 14.6 Å². The van der Waals surface area contributed by atoms with Crippen molar-refractivity contribution in [3.8, 4) is 0 Å². The number of thiophene rings is 1. The summed E-state index contributed by atoms with van der Waals surface area (Å²) in [6.07, 6.45) is 2.10. The van der Waals surface area contributed by atoms with Gasteiger partial charge in [0.15, 0.2) is 10.7 Å². The molecule has 3 rings (SSSR count). The maximum absolute atomic E-state index is 13.5. The zero-order valence-electron chi connectivity index (χ0n) is 25.5. The lowest BCUT2D eigenvalue weighted by Crippen LogP contribution is -2.45. The first-order valence-electron chi connectivity index (χ1n) is 14.0. The fourth-order valence-corrected chi connectivity index (χ4v) is 6.44. The summed E-state index contributed by atoms with van der Waals surface area (Å²) in [6, 6.07) is 7.49. The first-order chi connectivity index (χ1) is 20.2. The molecule has 0 radical (unpaired) electrons. The van der Waals surface area contributed by atoms with Gasteiger partial charge in [0.05, 0.1) is 18.1 Å². The molecule has 1 saturated heterocycles. The van der Waals surface area contributed by atoms with Crippen molar-refractivity contribution in [2.45, 2.75) is 83.1 Å². The van der Waals surface area contributed by atoms with Crippen molar-refractivity contribution < 1.29 is 47.6 Å². The Morgan fingerprint density at radius 3 is 2.18 bits per heavy atom. The van der Waals surface area contributed by atoms with Gasteiger partial charge in [-0.3, -0.25) is 19.5 Å². The van der Waals surface area contributed by atoms with E-state index >= 15 is 0 Å². The van der Waals surface area contributed by atoms with Gasteiger partial charge in [-0.15, -0.1) is 11.3 Å². The highest BCUT2D eigenvalue weighted by molar-refractivity contribution is 7.90. The molecule has 1 aliphatic heterocycles. The number of aryl methyl sites for hydroxylation is 2. The molecule has 0 unspecified atom stereocenters. The Kier molecular flexibility index (Phi) is 12.6. The molecule has 44 heavy (non-hydrogen) atoms. The number of nitrogens with one attached hydrogen (secondary N) is 1. The normalized spacial score (nSPS) is 17.7. The van der Waals surface area contributed by atoms with Gasteiger partial charge in [0.2, 0.25) is 10.0 Å². The Hall–Kier alpha value is -2.98. The van der Waals surface area contributed by atoms with E-state index in [4.69, 9.17) is 20.4 Å². The number of aliphatic hydroxyl groups is 1. The van der Waals surface area contributed by atoms with E-state index < -0.39 is 51.6 Å². The van der Waals surface area contributed by atoms with E-state index in [0.717, 1.165) is 48.5 Å². The molecule has 0 spiro atoms. The third kappa shape index (κ3) is 10.3. The number of likely N-dealkylation sites (tertiary alicyclic amines) is 1. The summed E-state index contributed by atoms with van der Waals surface area (Å²) in [6.45, 7) is 11.8. The second kappa shape index (κ2) is 14.9. The van der Waals surface area contributed by atoms with E-state index in [9.17, 15) is 27.2 Å². The number of aliphatic carboxylic acids is 3. The quantitative estimate of drug-likeness (QED) is 0.200. The number of carbonyl (C=O) groups is 3. The number of halogens is 1. The van der Waals surface area contributed by atoms with Gasteiger partial charge in [-0.2, -0.15) is 4.39 Å². The number of aromatic nitrogens is 1. The lowest BCUT2D eigenvalue weighted by Gasteiger charge is -2.38. The van der Waals surface area contributed by atoms with Crippen LogP contribution >= 0.6 is 11.3 Å². The molecular weight excluding hydrogens is 617 g/mol. The first-order valence-corrected chi connectivity index (χ1v) is 16.4. The molecule has 0 aromatic carbocycles. The second-order valence-electron chi connectivity index (χ2n) is 12.0. The molecule has 0 amide bonds.